The van der Waals surface area contributed by atoms with Crippen LogP contribution in [-0.4, -0.2) is 25.1 Å². The Bertz CT molecular complexity index is 969. The molecule has 0 saturated heterocycles. The Morgan fingerprint density at radius 3 is 2.39 bits per heavy atom. The van der Waals surface area contributed by atoms with Crippen LogP contribution in [-0.2, 0) is 0 Å². The number of hydrogen-bond donors (Lipinski definition) is 2. The van der Waals surface area contributed by atoms with Crippen LogP contribution >= 0.6 is 0 Å². The molecule has 3 aromatic rings. The minimum absolute atomic E-state index is 0.483. The van der Waals surface area contributed by atoms with Gasteiger partial charge in [-0.05, 0) is 45.1 Å². The summed E-state index contributed by atoms with van der Waals surface area (Å²) < 4.78 is 0. The maximum atomic E-state index is 5.06. The topological polar surface area (TPSA) is 79.4 Å². The molecule has 0 spiro atoms. The van der Waals surface area contributed by atoms with Crippen molar-refractivity contribution in [1.82, 2.24) is 25.1 Å². The lowest BCUT2D eigenvalue weighted by molar-refractivity contribution is 0.343. The highest BCUT2D eigenvalue weighted by molar-refractivity contribution is 5.65. The molecule has 28 heavy (non-hydrogen) atoms. The monoisotopic (exact) mass is 376 g/mol. The second-order valence-electron chi connectivity index (χ2n) is 8.05. The van der Waals surface area contributed by atoms with Crippen molar-refractivity contribution >= 4 is 11.8 Å². The number of rotatable bonds is 4. The van der Waals surface area contributed by atoms with Crippen molar-refractivity contribution in [3.8, 4) is 11.4 Å². The molecule has 0 amide bonds. The normalized spacial score (nSPS) is 19.6. The number of H-pyrrole nitrogens is 1. The molecule has 1 aromatic carbocycles. The summed E-state index contributed by atoms with van der Waals surface area (Å²) in [6, 6.07) is 8.28. The van der Waals surface area contributed by atoms with Crippen molar-refractivity contribution in [2.45, 2.75) is 59.3 Å². The Labute approximate surface area is 166 Å². The highest BCUT2D eigenvalue weighted by Crippen LogP contribution is 2.38. The summed E-state index contributed by atoms with van der Waals surface area (Å²) in [5, 5.41) is 10.4. The Kier molecular flexibility index (Phi) is 5.11. The highest BCUT2D eigenvalue weighted by atomic mass is 15.3. The number of aryl methyl sites for hydroxylation is 2. The fraction of sp³-hybridized carbons (Fsp3) is 0.455. The number of anilines is 2. The number of aromatic nitrogens is 5. The summed E-state index contributed by atoms with van der Waals surface area (Å²) in [6.07, 6.45) is 4.89. The molecule has 1 saturated carbocycles. The molecule has 0 aliphatic heterocycles. The first-order chi connectivity index (χ1) is 13.5. The van der Waals surface area contributed by atoms with Crippen LogP contribution in [0, 0.1) is 26.7 Å². The lowest BCUT2D eigenvalue weighted by Gasteiger charge is -2.27. The SMILES string of the molecule is Cc1nc(Nc2nc(-c3ccccc3C)nc(C3CCC(C)CC3)c2C)n[nH]1. The van der Waals surface area contributed by atoms with Crippen molar-refractivity contribution in [3.05, 3.63) is 46.9 Å². The van der Waals surface area contributed by atoms with Gasteiger partial charge in [-0.25, -0.2) is 9.97 Å². The maximum Gasteiger partial charge on any atom is 0.247 e. The van der Waals surface area contributed by atoms with Crippen LogP contribution in [0.3, 0.4) is 0 Å². The lowest BCUT2D eigenvalue weighted by Crippen LogP contribution is -2.15. The van der Waals surface area contributed by atoms with Crippen LogP contribution in [0.5, 0.6) is 0 Å². The van der Waals surface area contributed by atoms with Crippen LogP contribution in [0.4, 0.5) is 11.8 Å². The molecule has 2 N–H and O–H groups in total. The zero-order chi connectivity index (χ0) is 19.7. The van der Waals surface area contributed by atoms with Gasteiger partial charge in [-0.3, -0.25) is 5.10 Å². The van der Waals surface area contributed by atoms with Gasteiger partial charge in [0.1, 0.15) is 11.6 Å². The Hall–Kier alpha value is -2.76. The molecule has 146 valence electrons. The first kappa shape index (κ1) is 18.6. The summed E-state index contributed by atoms with van der Waals surface area (Å²) in [5.74, 6) is 4.17. The van der Waals surface area contributed by atoms with Gasteiger partial charge in [-0.1, -0.05) is 44.0 Å². The average Bonchev–Trinajstić information content (AvgIpc) is 3.09. The van der Waals surface area contributed by atoms with Crippen LogP contribution in [0.2, 0.25) is 0 Å². The van der Waals surface area contributed by atoms with Gasteiger partial charge in [0.15, 0.2) is 5.82 Å². The Balaban J connectivity index is 1.79. The lowest BCUT2D eigenvalue weighted by atomic mass is 9.80. The van der Waals surface area contributed by atoms with Gasteiger partial charge in [0.05, 0.1) is 5.69 Å². The molecule has 0 atom stereocenters. The number of hydrogen-bond acceptors (Lipinski definition) is 5. The standard InChI is InChI=1S/C22H28N6/c1-13-9-11-17(12-10-13)19-15(3)20(26-22-23-16(4)27-28-22)25-21(24-19)18-8-6-5-7-14(18)2/h5-8,13,17H,9-12H2,1-4H3,(H2,23,24,25,26,27,28). The van der Waals surface area contributed by atoms with Crippen LogP contribution in [0.1, 0.15) is 61.2 Å². The van der Waals surface area contributed by atoms with E-state index in [0.717, 1.165) is 40.2 Å². The van der Waals surface area contributed by atoms with E-state index in [-0.39, 0.29) is 0 Å². The van der Waals surface area contributed by atoms with Crippen LogP contribution in [0.25, 0.3) is 11.4 Å². The van der Waals surface area contributed by atoms with Gasteiger partial charge in [-0.15, -0.1) is 5.10 Å². The highest BCUT2D eigenvalue weighted by Gasteiger charge is 2.25. The predicted molar refractivity (Wildman–Crippen MR) is 112 cm³/mol. The summed E-state index contributed by atoms with van der Waals surface area (Å²) >= 11 is 0. The molecule has 0 bridgehead atoms. The third kappa shape index (κ3) is 3.77. The van der Waals surface area contributed by atoms with Gasteiger partial charge in [0.25, 0.3) is 0 Å². The number of aromatic amines is 1. The smallest absolute Gasteiger partial charge is 0.247 e. The van der Waals surface area contributed by atoms with Crippen molar-refractivity contribution in [1.29, 1.82) is 0 Å². The maximum absolute atomic E-state index is 5.06. The average molecular weight is 377 g/mol. The first-order valence-corrected chi connectivity index (χ1v) is 10.1. The van der Waals surface area contributed by atoms with Gasteiger partial charge >= 0.3 is 0 Å². The molecule has 1 fully saturated rings. The van der Waals surface area contributed by atoms with Crippen molar-refractivity contribution in [2.75, 3.05) is 5.32 Å². The Morgan fingerprint density at radius 2 is 1.71 bits per heavy atom. The second-order valence-corrected chi connectivity index (χ2v) is 8.05. The second kappa shape index (κ2) is 7.70. The fourth-order valence-corrected chi connectivity index (χ4v) is 4.04. The van der Waals surface area contributed by atoms with Gasteiger partial charge in [-0.2, -0.15) is 4.98 Å². The zero-order valence-electron chi connectivity index (χ0n) is 17.1. The van der Waals surface area contributed by atoms with Gasteiger partial charge in [0.2, 0.25) is 5.95 Å². The van der Waals surface area contributed by atoms with Crippen molar-refractivity contribution in [2.24, 2.45) is 5.92 Å². The molecular formula is C22H28N6. The van der Waals surface area contributed by atoms with E-state index in [1.54, 1.807) is 0 Å². The summed E-state index contributed by atoms with van der Waals surface area (Å²) in [5.41, 5.74) is 4.51. The van der Waals surface area contributed by atoms with E-state index in [1.807, 2.05) is 19.1 Å². The molecular weight excluding hydrogens is 348 g/mol. The summed E-state index contributed by atoms with van der Waals surface area (Å²) in [6.45, 7) is 8.45. The van der Waals surface area contributed by atoms with E-state index in [0.29, 0.717) is 11.9 Å². The van der Waals surface area contributed by atoms with E-state index in [4.69, 9.17) is 9.97 Å². The number of nitrogens with zero attached hydrogens (tertiary/aromatic N) is 4. The van der Waals surface area contributed by atoms with Crippen LogP contribution < -0.4 is 5.32 Å². The molecule has 2 aromatic heterocycles. The largest absolute Gasteiger partial charge is 0.307 e. The van der Waals surface area contributed by atoms with Crippen molar-refractivity contribution in [3.63, 3.8) is 0 Å². The fourth-order valence-electron chi connectivity index (χ4n) is 4.04. The van der Waals surface area contributed by atoms with Crippen molar-refractivity contribution < 1.29 is 0 Å². The van der Waals surface area contributed by atoms with Crippen LogP contribution in [0.15, 0.2) is 24.3 Å². The summed E-state index contributed by atoms with van der Waals surface area (Å²) in [4.78, 5) is 14.3. The third-order valence-electron chi connectivity index (χ3n) is 5.80. The number of benzene rings is 1. The van der Waals surface area contributed by atoms with E-state index in [2.05, 4.69) is 53.4 Å². The Morgan fingerprint density at radius 1 is 0.964 bits per heavy atom. The predicted octanol–water partition coefficient (Wildman–Crippen LogP) is 5.22. The van der Waals surface area contributed by atoms with E-state index in [9.17, 15) is 0 Å². The molecule has 0 radical (unpaired) electrons. The third-order valence-corrected chi connectivity index (χ3v) is 5.80. The molecule has 2 heterocycles. The van der Waals surface area contributed by atoms with E-state index in [1.165, 1.54) is 31.2 Å². The van der Waals surface area contributed by atoms with E-state index < -0.39 is 0 Å². The minimum Gasteiger partial charge on any atom is -0.307 e. The van der Waals surface area contributed by atoms with E-state index >= 15 is 0 Å². The van der Waals surface area contributed by atoms with Gasteiger partial charge in [0, 0.05) is 17.0 Å². The molecule has 1 aliphatic carbocycles. The molecule has 6 nitrogen and oxygen atoms in total. The zero-order valence-corrected chi connectivity index (χ0v) is 17.1. The molecule has 4 rings (SSSR count). The number of nitrogens with one attached hydrogen (secondary N) is 2. The molecule has 6 heteroatoms. The van der Waals surface area contributed by atoms with Gasteiger partial charge < -0.3 is 5.32 Å². The minimum atomic E-state index is 0.483. The molecule has 1 aliphatic rings. The summed E-state index contributed by atoms with van der Waals surface area (Å²) in [7, 11) is 0. The first-order valence-electron chi connectivity index (χ1n) is 10.1. The quantitative estimate of drug-likeness (QED) is 0.652. The molecule has 0 unspecified atom stereocenters.